The van der Waals surface area contributed by atoms with E-state index in [9.17, 15) is 4.79 Å². The van der Waals surface area contributed by atoms with E-state index < -0.39 is 0 Å². The van der Waals surface area contributed by atoms with E-state index in [2.05, 4.69) is 14.5 Å². The number of rotatable bonds is 6. The van der Waals surface area contributed by atoms with Crippen molar-refractivity contribution in [1.29, 1.82) is 0 Å². The lowest BCUT2D eigenvalue weighted by atomic mass is 9.93. The highest BCUT2D eigenvalue weighted by Gasteiger charge is 2.27. The molecule has 0 aliphatic carbocycles. The summed E-state index contributed by atoms with van der Waals surface area (Å²) in [5.74, 6) is 3.28. The number of benzene rings is 1. The summed E-state index contributed by atoms with van der Waals surface area (Å²) < 4.78 is 18.7. The second-order valence-electron chi connectivity index (χ2n) is 7.80. The Morgan fingerprint density at radius 2 is 1.79 bits per heavy atom. The maximum Gasteiger partial charge on any atom is 0.273 e. The van der Waals surface area contributed by atoms with Crippen molar-refractivity contribution in [3.05, 3.63) is 45.6 Å². The smallest absolute Gasteiger partial charge is 0.273 e. The summed E-state index contributed by atoms with van der Waals surface area (Å²) >= 11 is 0. The average Bonchev–Trinajstić information content (AvgIpc) is 3.20. The summed E-state index contributed by atoms with van der Waals surface area (Å²) in [5.41, 5.74) is 2.18. The first-order valence-electron chi connectivity index (χ1n) is 10.2. The Bertz CT molecular complexity index is 915. The molecule has 29 heavy (non-hydrogen) atoms. The van der Waals surface area contributed by atoms with Crippen molar-refractivity contribution in [2.24, 2.45) is 0 Å². The summed E-state index contributed by atoms with van der Waals surface area (Å²) in [6.45, 7) is 3.74. The Labute approximate surface area is 171 Å². The molecule has 156 valence electrons. The number of nitrogens with zero attached hydrogens (tertiary/aromatic N) is 3. The van der Waals surface area contributed by atoms with Gasteiger partial charge in [-0.3, -0.25) is 9.69 Å². The number of hydrogen-bond donors (Lipinski definition) is 0. The second-order valence-corrected chi connectivity index (χ2v) is 7.80. The summed E-state index contributed by atoms with van der Waals surface area (Å²) in [4.78, 5) is 18.7. The van der Waals surface area contributed by atoms with Crippen LogP contribution in [0.15, 0.2) is 23.0 Å². The van der Waals surface area contributed by atoms with Gasteiger partial charge in [-0.1, -0.05) is 0 Å². The van der Waals surface area contributed by atoms with Crippen molar-refractivity contribution < 1.29 is 14.2 Å². The SMILES string of the molecule is COc1cc(CN2CCC[C@H](c3cc(=O)nc4n3CCC4)C2)cc(OC)c1OC. The third kappa shape index (κ3) is 3.96. The minimum atomic E-state index is -0.102. The van der Waals surface area contributed by atoms with Crippen LogP contribution >= 0.6 is 0 Å². The Morgan fingerprint density at radius 1 is 1.03 bits per heavy atom. The van der Waals surface area contributed by atoms with Gasteiger partial charge in [0.05, 0.1) is 21.3 Å². The van der Waals surface area contributed by atoms with Crippen LogP contribution in [0, 0.1) is 0 Å². The predicted octanol–water partition coefficient (Wildman–Crippen LogP) is 2.59. The minimum Gasteiger partial charge on any atom is -0.493 e. The number of likely N-dealkylation sites (tertiary alicyclic amines) is 1. The predicted molar refractivity (Wildman–Crippen MR) is 110 cm³/mol. The van der Waals surface area contributed by atoms with Gasteiger partial charge in [0.25, 0.3) is 5.56 Å². The highest BCUT2D eigenvalue weighted by atomic mass is 16.5. The molecular formula is C22H29N3O4. The second kappa shape index (κ2) is 8.45. The first kappa shape index (κ1) is 19.8. The van der Waals surface area contributed by atoms with E-state index in [0.717, 1.165) is 68.9 Å². The van der Waals surface area contributed by atoms with Gasteiger partial charge in [0.1, 0.15) is 5.82 Å². The van der Waals surface area contributed by atoms with E-state index in [0.29, 0.717) is 23.2 Å². The molecule has 3 heterocycles. The molecule has 0 N–H and O–H groups in total. The van der Waals surface area contributed by atoms with Crippen LogP contribution in [-0.4, -0.2) is 48.9 Å². The lowest BCUT2D eigenvalue weighted by Crippen LogP contribution is -2.35. The molecule has 2 aliphatic rings. The molecule has 1 atom stereocenters. The van der Waals surface area contributed by atoms with Crippen LogP contribution in [0.2, 0.25) is 0 Å². The Kier molecular flexibility index (Phi) is 5.76. The highest BCUT2D eigenvalue weighted by Crippen LogP contribution is 2.39. The number of fused-ring (bicyclic) bond motifs is 1. The summed E-state index contributed by atoms with van der Waals surface area (Å²) in [5, 5.41) is 0. The molecule has 1 fully saturated rings. The average molecular weight is 399 g/mol. The van der Waals surface area contributed by atoms with Gasteiger partial charge in [0, 0.05) is 43.7 Å². The van der Waals surface area contributed by atoms with E-state index >= 15 is 0 Å². The minimum absolute atomic E-state index is 0.102. The van der Waals surface area contributed by atoms with E-state index in [4.69, 9.17) is 14.2 Å². The monoisotopic (exact) mass is 399 g/mol. The molecule has 0 amide bonds. The molecule has 7 nitrogen and oxygen atoms in total. The lowest BCUT2D eigenvalue weighted by Gasteiger charge is -2.34. The fourth-order valence-corrected chi connectivity index (χ4v) is 4.68. The van der Waals surface area contributed by atoms with Gasteiger partial charge in [0.15, 0.2) is 11.5 Å². The van der Waals surface area contributed by atoms with Gasteiger partial charge in [-0.05, 0) is 43.5 Å². The first-order chi connectivity index (χ1) is 14.1. The topological polar surface area (TPSA) is 65.8 Å². The molecule has 7 heteroatoms. The van der Waals surface area contributed by atoms with Crippen molar-refractivity contribution in [3.8, 4) is 17.2 Å². The molecular weight excluding hydrogens is 370 g/mol. The largest absolute Gasteiger partial charge is 0.493 e. The normalized spacial score (nSPS) is 19.1. The van der Waals surface area contributed by atoms with Gasteiger partial charge in [-0.2, -0.15) is 4.98 Å². The molecule has 1 aromatic heterocycles. The van der Waals surface area contributed by atoms with Crippen LogP contribution in [0.1, 0.15) is 42.3 Å². The number of aromatic nitrogens is 2. The number of methoxy groups -OCH3 is 3. The molecule has 0 spiro atoms. The number of aryl methyl sites for hydroxylation is 1. The van der Waals surface area contributed by atoms with Crippen LogP contribution in [0.4, 0.5) is 0 Å². The standard InChI is InChI=1S/C22H29N3O4/c1-27-18-10-15(11-19(28-2)22(18)29-3)13-24-8-4-6-16(14-24)17-12-21(26)23-20-7-5-9-25(17)20/h10-12,16H,4-9,13-14H2,1-3H3/t16-/m0/s1. The molecule has 0 bridgehead atoms. The summed E-state index contributed by atoms with van der Waals surface area (Å²) in [6, 6.07) is 5.78. The fraction of sp³-hybridized carbons (Fsp3) is 0.545. The maximum absolute atomic E-state index is 12.1. The third-order valence-corrected chi connectivity index (χ3v) is 5.97. The van der Waals surface area contributed by atoms with E-state index in [1.54, 1.807) is 27.4 Å². The third-order valence-electron chi connectivity index (χ3n) is 5.97. The maximum atomic E-state index is 12.1. The van der Waals surface area contributed by atoms with Crippen LogP contribution in [-0.2, 0) is 19.5 Å². The van der Waals surface area contributed by atoms with Gasteiger partial charge >= 0.3 is 0 Å². The molecule has 0 radical (unpaired) electrons. The van der Waals surface area contributed by atoms with Crippen LogP contribution in [0.25, 0.3) is 0 Å². The van der Waals surface area contributed by atoms with Crippen LogP contribution < -0.4 is 19.8 Å². The first-order valence-corrected chi connectivity index (χ1v) is 10.2. The number of piperidine rings is 1. The fourth-order valence-electron chi connectivity index (χ4n) is 4.68. The quantitative estimate of drug-likeness (QED) is 0.744. The number of ether oxygens (including phenoxy) is 3. The van der Waals surface area contributed by atoms with Crippen molar-refractivity contribution >= 4 is 0 Å². The molecule has 1 saturated heterocycles. The zero-order valence-corrected chi connectivity index (χ0v) is 17.4. The summed E-state index contributed by atoms with van der Waals surface area (Å²) in [7, 11) is 4.89. The van der Waals surface area contributed by atoms with Gasteiger partial charge < -0.3 is 18.8 Å². The van der Waals surface area contributed by atoms with Gasteiger partial charge in [-0.15, -0.1) is 0 Å². The molecule has 4 rings (SSSR count). The van der Waals surface area contributed by atoms with E-state index in [1.807, 2.05) is 12.1 Å². The Balaban J connectivity index is 1.55. The highest BCUT2D eigenvalue weighted by molar-refractivity contribution is 5.53. The van der Waals surface area contributed by atoms with Crippen molar-refractivity contribution in [1.82, 2.24) is 14.5 Å². The molecule has 0 unspecified atom stereocenters. The number of hydrogen-bond acceptors (Lipinski definition) is 6. The van der Waals surface area contributed by atoms with E-state index in [1.165, 1.54) is 0 Å². The molecule has 2 aromatic rings. The van der Waals surface area contributed by atoms with Crippen molar-refractivity contribution in [2.45, 2.75) is 44.7 Å². The molecule has 2 aliphatic heterocycles. The van der Waals surface area contributed by atoms with Crippen molar-refractivity contribution in [3.63, 3.8) is 0 Å². The lowest BCUT2D eigenvalue weighted by molar-refractivity contribution is 0.195. The van der Waals surface area contributed by atoms with Gasteiger partial charge in [-0.25, -0.2) is 0 Å². The molecule has 1 aromatic carbocycles. The Morgan fingerprint density at radius 3 is 2.48 bits per heavy atom. The van der Waals surface area contributed by atoms with E-state index in [-0.39, 0.29) is 5.56 Å². The summed E-state index contributed by atoms with van der Waals surface area (Å²) in [6.07, 6.45) is 4.20. The Hall–Kier alpha value is -2.54. The zero-order chi connectivity index (χ0) is 20.4. The molecule has 0 saturated carbocycles. The zero-order valence-electron chi connectivity index (χ0n) is 17.4. The van der Waals surface area contributed by atoms with Crippen molar-refractivity contribution in [2.75, 3.05) is 34.4 Å². The van der Waals surface area contributed by atoms with Gasteiger partial charge in [0.2, 0.25) is 5.75 Å². The van der Waals surface area contributed by atoms with Crippen LogP contribution in [0.3, 0.4) is 0 Å². The van der Waals surface area contributed by atoms with Crippen LogP contribution in [0.5, 0.6) is 17.2 Å².